The number of anilines is 1. The first-order valence-electron chi connectivity index (χ1n) is 7.18. The molecule has 0 aliphatic carbocycles. The number of carbonyl (C=O) groups excluding carboxylic acids is 2. The standard InChI is InChI=1S/C16H20N2O3/c1-2-21-15(19)10-7-12-5-8-13(9-6-12)18-16(20)14-4-3-11-17-14/h5-10,14,17H,2-4,11H2,1H3,(H,18,20)/b10-7+/t14-/m0/s1. The monoisotopic (exact) mass is 288 g/mol. The van der Waals surface area contributed by atoms with Crippen LogP contribution >= 0.6 is 0 Å². The highest BCUT2D eigenvalue weighted by molar-refractivity contribution is 5.95. The zero-order chi connectivity index (χ0) is 15.1. The van der Waals surface area contributed by atoms with Crippen LogP contribution in [0.2, 0.25) is 0 Å². The predicted octanol–water partition coefficient (Wildman–Crippen LogP) is 1.95. The Hall–Kier alpha value is -2.14. The Kier molecular flexibility index (Phi) is 5.51. The molecule has 1 aliphatic rings. The smallest absolute Gasteiger partial charge is 0.330 e. The maximum Gasteiger partial charge on any atom is 0.330 e. The molecule has 0 radical (unpaired) electrons. The molecular formula is C16H20N2O3. The molecule has 1 saturated heterocycles. The average Bonchev–Trinajstić information content (AvgIpc) is 3.01. The van der Waals surface area contributed by atoms with E-state index in [2.05, 4.69) is 10.6 Å². The molecule has 0 unspecified atom stereocenters. The van der Waals surface area contributed by atoms with E-state index in [4.69, 9.17) is 4.74 Å². The van der Waals surface area contributed by atoms with Crippen LogP contribution in [0.4, 0.5) is 5.69 Å². The highest BCUT2D eigenvalue weighted by Crippen LogP contribution is 2.13. The number of carbonyl (C=O) groups is 2. The van der Waals surface area contributed by atoms with Gasteiger partial charge in [-0.3, -0.25) is 4.79 Å². The van der Waals surface area contributed by atoms with E-state index in [9.17, 15) is 9.59 Å². The molecular weight excluding hydrogens is 268 g/mol. The lowest BCUT2D eigenvalue weighted by Crippen LogP contribution is -2.35. The molecule has 1 heterocycles. The third-order valence-electron chi connectivity index (χ3n) is 3.25. The minimum atomic E-state index is -0.359. The van der Waals surface area contributed by atoms with E-state index >= 15 is 0 Å². The summed E-state index contributed by atoms with van der Waals surface area (Å²) in [7, 11) is 0. The van der Waals surface area contributed by atoms with E-state index < -0.39 is 0 Å². The van der Waals surface area contributed by atoms with Crippen LogP contribution in [0.1, 0.15) is 25.3 Å². The summed E-state index contributed by atoms with van der Waals surface area (Å²) in [4.78, 5) is 23.1. The fourth-order valence-corrected chi connectivity index (χ4v) is 2.17. The van der Waals surface area contributed by atoms with Gasteiger partial charge in [0.25, 0.3) is 0 Å². The van der Waals surface area contributed by atoms with Gasteiger partial charge in [-0.2, -0.15) is 0 Å². The predicted molar refractivity (Wildman–Crippen MR) is 81.8 cm³/mol. The van der Waals surface area contributed by atoms with Crippen molar-refractivity contribution >= 4 is 23.6 Å². The van der Waals surface area contributed by atoms with Gasteiger partial charge in [-0.15, -0.1) is 0 Å². The molecule has 1 aliphatic heterocycles. The number of hydrogen-bond acceptors (Lipinski definition) is 4. The van der Waals surface area contributed by atoms with Crippen LogP contribution in [-0.2, 0) is 14.3 Å². The number of rotatable bonds is 5. The molecule has 1 amide bonds. The van der Waals surface area contributed by atoms with Crippen LogP contribution in [0.25, 0.3) is 6.08 Å². The first kappa shape index (κ1) is 15.3. The van der Waals surface area contributed by atoms with Crippen LogP contribution < -0.4 is 10.6 Å². The maximum atomic E-state index is 11.9. The summed E-state index contributed by atoms with van der Waals surface area (Å²) in [5, 5.41) is 6.04. The fourth-order valence-electron chi connectivity index (χ4n) is 2.17. The average molecular weight is 288 g/mol. The summed E-state index contributed by atoms with van der Waals surface area (Å²) in [5.41, 5.74) is 1.63. The molecule has 0 bridgehead atoms. The zero-order valence-corrected chi connectivity index (χ0v) is 12.1. The number of amides is 1. The molecule has 5 nitrogen and oxygen atoms in total. The zero-order valence-electron chi connectivity index (χ0n) is 12.1. The second-order valence-electron chi connectivity index (χ2n) is 4.85. The molecule has 21 heavy (non-hydrogen) atoms. The first-order valence-corrected chi connectivity index (χ1v) is 7.18. The number of hydrogen-bond donors (Lipinski definition) is 2. The Morgan fingerprint density at radius 1 is 1.38 bits per heavy atom. The molecule has 1 fully saturated rings. The third kappa shape index (κ3) is 4.72. The second kappa shape index (κ2) is 7.59. The van der Waals surface area contributed by atoms with Gasteiger partial charge in [0.1, 0.15) is 0 Å². The van der Waals surface area contributed by atoms with Crippen molar-refractivity contribution in [1.29, 1.82) is 0 Å². The van der Waals surface area contributed by atoms with E-state index in [1.807, 2.05) is 24.3 Å². The first-order chi connectivity index (χ1) is 10.2. The molecule has 0 saturated carbocycles. The van der Waals surface area contributed by atoms with Gasteiger partial charge >= 0.3 is 5.97 Å². The molecule has 5 heteroatoms. The van der Waals surface area contributed by atoms with Crippen LogP contribution in [0.3, 0.4) is 0 Å². The molecule has 2 rings (SSSR count). The minimum Gasteiger partial charge on any atom is -0.463 e. The van der Waals surface area contributed by atoms with Gasteiger partial charge in [-0.1, -0.05) is 12.1 Å². The van der Waals surface area contributed by atoms with Gasteiger partial charge in [0.15, 0.2) is 0 Å². The van der Waals surface area contributed by atoms with Crippen molar-refractivity contribution in [1.82, 2.24) is 5.32 Å². The Morgan fingerprint density at radius 2 is 2.14 bits per heavy atom. The summed E-state index contributed by atoms with van der Waals surface area (Å²) < 4.78 is 4.81. The largest absolute Gasteiger partial charge is 0.463 e. The van der Waals surface area contributed by atoms with E-state index in [-0.39, 0.29) is 17.9 Å². The number of esters is 1. The van der Waals surface area contributed by atoms with Gasteiger partial charge in [0.2, 0.25) is 5.91 Å². The van der Waals surface area contributed by atoms with Crippen molar-refractivity contribution in [2.24, 2.45) is 0 Å². The van der Waals surface area contributed by atoms with Crippen molar-refractivity contribution in [2.75, 3.05) is 18.5 Å². The molecule has 1 aromatic carbocycles. The normalized spacial score (nSPS) is 17.9. The molecule has 1 atom stereocenters. The van der Waals surface area contributed by atoms with Crippen molar-refractivity contribution < 1.29 is 14.3 Å². The molecule has 0 spiro atoms. The number of nitrogens with one attached hydrogen (secondary N) is 2. The quantitative estimate of drug-likeness (QED) is 0.642. The Morgan fingerprint density at radius 3 is 2.76 bits per heavy atom. The van der Waals surface area contributed by atoms with Crippen molar-refractivity contribution in [3.8, 4) is 0 Å². The lowest BCUT2D eigenvalue weighted by atomic mass is 10.1. The lowest BCUT2D eigenvalue weighted by molar-refractivity contribution is -0.137. The minimum absolute atomic E-state index is 0.00214. The Balaban J connectivity index is 1.89. The third-order valence-corrected chi connectivity index (χ3v) is 3.25. The summed E-state index contributed by atoms with van der Waals surface area (Å²) in [6, 6.07) is 7.23. The summed E-state index contributed by atoms with van der Waals surface area (Å²) >= 11 is 0. The Bertz CT molecular complexity index is 517. The maximum absolute atomic E-state index is 11.9. The Labute approximate surface area is 124 Å². The van der Waals surface area contributed by atoms with Crippen molar-refractivity contribution in [3.63, 3.8) is 0 Å². The van der Waals surface area contributed by atoms with Gasteiger partial charge in [0, 0.05) is 11.8 Å². The summed E-state index contributed by atoms with van der Waals surface area (Å²) in [5.74, 6) is -0.357. The van der Waals surface area contributed by atoms with E-state index in [0.29, 0.717) is 6.61 Å². The van der Waals surface area contributed by atoms with Crippen molar-refractivity contribution in [3.05, 3.63) is 35.9 Å². The van der Waals surface area contributed by atoms with Crippen LogP contribution in [-0.4, -0.2) is 31.1 Å². The van der Waals surface area contributed by atoms with Crippen molar-refractivity contribution in [2.45, 2.75) is 25.8 Å². The highest BCUT2D eigenvalue weighted by atomic mass is 16.5. The van der Waals surface area contributed by atoms with Gasteiger partial charge in [0.05, 0.1) is 12.6 Å². The van der Waals surface area contributed by atoms with Gasteiger partial charge in [-0.25, -0.2) is 4.79 Å². The topological polar surface area (TPSA) is 67.4 Å². The van der Waals surface area contributed by atoms with Gasteiger partial charge < -0.3 is 15.4 Å². The SMILES string of the molecule is CCOC(=O)/C=C/c1ccc(NC(=O)[C@@H]2CCCN2)cc1. The molecule has 0 aromatic heterocycles. The molecule has 2 N–H and O–H groups in total. The summed E-state index contributed by atoms with van der Waals surface area (Å²) in [6.45, 7) is 3.03. The number of ether oxygens (including phenoxy) is 1. The van der Waals surface area contributed by atoms with Crippen LogP contribution in [0.15, 0.2) is 30.3 Å². The highest BCUT2D eigenvalue weighted by Gasteiger charge is 2.21. The van der Waals surface area contributed by atoms with E-state index in [1.54, 1.807) is 13.0 Å². The second-order valence-corrected chi connectivity index (χ2v) is 4.85. The lowest BCUT2D eigenvalue weighted by Gasteiger charge is -2.11. The van der Waals surface area contributed by atoms with E-state index in [0.717, 1.165) is 30.6 Å². The number of benzene rings is 1. The molecule has 1 aromatic rings. The molecule has 112 valence electrons. The van der Waals surface area contributed by atoms with E-state index in [1.165, 1.54) is 6.08 Å². The fraction of sp³-hybridized carbons (Fsp3) is 0.375. The van der Waals surface area contributed by atoms with Gasteiger partial charge in [-0.05, 0) is 50.1 Å². The van der Waals surface area contributed by atoms with Crippen LogP contribution in [0.5, 0.6) is 0 Å². The van der Waals surface area contributed by atoms with Crippen LogP contribution in [0, 0.1) is 0 Å². The summed E-state index contributed by atoms with van der Waals surface area (Å²) in [6.07, 6.45) is 4.99.